The van der Waals surface area contributed by atoms with E-state index in [1.165, 1.54) is 0 Å². The molecule has 114 valence electrons. The highest BCUT2D eigenvalue weighted by molar-refractivity contribution is 9.10. The van der Waals surface area contributed by atoms with Gasteiger partial charge in [-0.05, 0) is 50.2 Å². The fourth-order valence-corrected chi connectivity index (χ4v) is 3.78. The summed E-state index contributed by atoms with van der Waals surface area (Å²) in [6.45, 7) is 4.65. The van der Waals surface area contributed by atoms with E-state index in [0.717, 1.165) is 30.4 Å². The van der Waals surface area contributed by atoms with E-state index in [4.69, 9.17) is 0 Å². The molecule has 20 heavy (non-hydrogen) atoms. The molecule has 0 radical (unpaired) electrons. The molecule has 0 spiro atoms. The lowest BCUT2D eigenvalue weighted by atomic mass is 10.2. The maximum Gasteiger partial charge on any atom is 0.240 e. The van der Waals surface area contributed by atoms with Crippen LogP contribution in [-0.2, 0) is 10.0 Å². The SMILES string of the molecule is CCN1CCCC1CNS(=O)(=O)c1ccc(Br)cc1.[Cl-]. The van der Waals surface area contributed by atoms with Gasteiger partial charge in [-0.2, -0.15) is 0 Å². The molecule has 4 nitrogen and oxygen atoms in total. The first-order valence-corrected chi connectivity index (χ1v) is 8.80. The molecule has 0 bridgehead atoms. The Morgan fingerprint density at radius 1 is 1.35 bits per heavy atom. The van der Waals surface area contributed by atoms with Crippen LogP contribution in [0, 0.1) is 0 Å². The number of benzene rings is 1. The Balaban J connectivity index is 0.00000200. The summed E-state index contributed by atoms with van der Waals surface area (Å²) in [6, 6.07) is 7.03. The van der Waals surface area contributed by atoms with Crippen LogP contribution in [-0.4, -0.2) is 39.0 Å². The zero-order chi connectivity index (χ0) is 13.9. The second-order valence-corrected chi connectivity index (χ2v) is 7.41. The van der Waals surface area contributed by atoms with E-state index in [0.29, 0.717) is 17.5 Å². The quantitative estimate of drug-likeness (QED) is 0.726. The molecular formula is C13H19BrClN2O2S-. The van der Waals surface area contributed by atoms with Crippen molar-refractivity contribution < 1.29 is 20.8 Å². The van der Waals surface area contributed by atoms with Crippen molar-refractivity contribution in [1.82, 2.24) is 9.62 Å². The third-order valence-corrected chi connectivity index (χ3v) is 5.51. The van der Waals surface area contributed by atoms with Crippen LogP contribution in [0.25, 0.3) is 0 Å². The molecule has 0 saturated carbocycles. The van der Waals surface area contributed by atoms with E-state index in [-0.39, 0.29) is 12.4 Å². The highest BCUT2D eigenvalue weighted by Crippen LogP contribution is 2.18. The van der Waals surface area contributed by atoms with E-state index in [9.17, 15) is 8.42 Å². The van der Waals surface area contributed by atoms with Crippen molar-refractivity contribution >= 4 is 26.0 Å². The molecule has 1 heterocycles. The third-order valence-electron chi connectivity index (χ3n) is 3.54. The van der Waals surface area contributed by atoms with Crippen molar-refractivity contribution in [2.75, 3.05) is 19.6 Å². The summed E-state index contributed by atoms with van der Waals surface area (Å²) in [5.41, 5.74) is 0. The molecule has 0 amide bonds. The largest absolute Gasteiger partial charge is 1.00 e. The number of hydrogen-bond acceptors (Lipinski definition) is 3. The Hall–Kier alpha value is -0.140. The van der Waals surface area contributed by atoms with Gasteiger partial charge in [-0.3, -0.25) is 4.90 Å². The van der Waals surface area contributed by atoms with Gasteiger partial charge in [0.15, 0.2) is 0 Å². The van der Waals surface area contributed by atoms with Gasteiger partial charge in [0.05, 0.1) is 4.90 Å². The second kappa shape index (κ2) is 7.75. The lowest BCUT2D eigenvalue weighted by Crippen LogP contribution is -3.00. The highest BCUT2D eigenvalue weighted by atomic mass is 79.9. The Kier molecular flexibility index (Phi) is 6.94. The van der Waals surface area contributed by atoms with Gasteiger partial charge in [0.25, 0.3) is 0 Å². The molecule has 2 rings (SSSR count). The number of sulfonamides is 1. The number of likely N-dealkylation sites (N-methyl/N-ethyl adjacent to an activating group) is 1. The lowest BCUT2D eigenvalue weighted by Gasteiger charge is -2.22. The fraction of sp³-hybridized carbons (Fsp3) is 0.538. The average Bonchev–Trinajstić information content (AvgIpc) is 2.84. The summed E-state index contributed by atoms with van der Waals surface area (Å²) in [4.78, 5) is 2.64. The van der Waals surface area contributed by atoms with Crippen molar-refractivity contribution in [2.45, 2.75) is 30.7 Å². The number of likely N-dealkylation sites (tertiary alicyclic amines) is 1. The highest BCUT2D eigenvalue weighted by Gasteiger charge is 2.24. The predicted octanol–water partition coefficient (Wildman–Crippen LogP) is -0.784. The molecule has 1 fully saturated rings. The van der Waals surface area contributed by atoms with Crippen LogP contribution in [0.2, 0.25) is 0 Å². The van der Waals surface area contributed by atoms with Gasteiger partial charge in [-0.1, -0.05) is 22.9 Å². The van der Waals surface area contributed by atoms with Crippen molar-refractivity contribution in [2.24, 2.45) is 0 Å². The number of nitrogens with one attached hydrogen (secondary N) is 1. The van der Waals surface area contributed by atoms with E-state index in [1.807, 2.05) is 0 Å². The van der Waals surface area contributed by atoms with Gasteiger partial charge in [0, 0.05) is 17.1 Å². The zero-order valence-electron chi connectivity index (χ0n) is 11.4. The topological polar surface area (TPSA) is 49.4 Å². The minimum Gasteiger partial charge on any atom is -1.00 e. The zero-order valence-corrected chi connectivity index (χ0v) is 14.5. The second-order valence-electron chi connectivity index (χ2n) is 4.73. The summed E-state index contributed by atoms with van der Waals surface area (Å²) in [5, 5.41) is 0. The third kappa shape index (κ3) is 4.43. The fourth-order valence-electron chi connectivity index (χ4n) is 2.45. The monoisotopic (exact) mass is 381 g/mol. The lowest BCUT2D eigenvalue weighted by molar-refractivity contribution is -0.00000639. The first-order valence-electron chi connectivity index (χ1n) is 6.52. The molecule has 1 atom stereocenters. The maximum absolute atomic E-state index is 12.2. The van der Waals surface area contributed by atoms with Gasteiger partial charge in [0.1, 0.15) is 0 Å². The summed E-state index contributed by atoms with van der Waals surface area (Å²) < 4.78 is 27.9. The maximum atomic E-state index is 12.2. The molecule has 1 aliphatic heterocycles. The number of nitrogens with zero attached hydrogens (tertiary/aromatic N) is 1. The standard InChI is InChI=1S/C13H19BrN2O2S.ClH/c1-2-16-9-3-4-12(16)10-15-19(17,18)13-7-5-11(14)6-8-13;/h5-8,12,15H,2-4,9-10H2,1H3;1H/p-1. The predicted molar refractivity (Wildman–Crippen MR) is 79.6 cm³/mol. The van der Waals surface area contributed by atoms with Crippen LogP contribution in [0.3, 0.4) is 0 Å². The summed E-state index contributed by atoms with van der Waals surface area (Å²) >= 11 is 3.30. The van der Waals surface area contributed by atoms with E-state index >= 15 is 0 Å². The normalized spacial score (nSPS) is 19.8. The van der Waals surface area contributed by atoms with E-state index in [2.05, 4.69) is 32.5 Å². The summed E-state index contributed by atoms with van der Waals surface area (Å²) in [6.07, 6.45) is 2.22. The van der Waals surface area contributed by atoms with Gasteiger partial charge in [-0.25, -0.2) is 13.1 Å². The van der Waals surface area contributed by atoms with Gasteiger partial charge in [-0.15, -0.1) is 0 Å². The molecule has 0 aliphatic carbocycles. The van der Waals surface area contributed by atoms with Gasteiger partial charge in [0.2, 0.25) is 10.0 Å². The van der Waals surface area contributed by atoms with Crippen molar-refractivity contribution in [3.05, 3.63) is 28.7 Å². The van der Waals surface area contributed by atoms with Crippen LogP contribution in [0.1, 0.15) is 19.8 Å². The van der Waals surface area contributed by atoms with Crippen molar-refractivity contribution in [3.63, 3.8) is 0 Å². The molecule has 1 N–H and O–H groups in total. The Bertz CT molecular complexity index is 522. The van der Waals surface area contributed by atoms with Crippen LogP contribution in [0.15, 0.2) is 33.6 Å². The first kappa shape index (κ1) is 17.9. The molecule has 0 aromatic heterocycles. The molecule has 1 aliphatic rings. The molecule has 1 unspecified atom stereocenters. The molecule has 7 heteroatoms. The minimum atomic E-state index is -3.39. The Morgan fingerprint density at radius 3 is 2.60 bits per heavy atom. The molecule has 1 aromatic rings. The number of rotatable bonds is 5. The minimum absolute atomic E-state index is 0. The van der Waals surface area contributed by atoms with Crippen LogP contribution >= 0.6 is 15.9 Å². The first-order chi connectivity index (χ1) is 9.03. The smallest absolute Gasteiger partial charge is 0.240 e. The van der Waals surface area contributed by atoms with Crippen LogP contribution < -0.4 is 17.1 Å². The van der Waals surface area contributed by atoms with Crippen LogP contribution in [0.5, 0.6) is 0 Å². The van der Waals surface area contributed by atoms with E-state index in [1.54, 1.807) is 24.3 Å². The van der Waals surface area contributed by atoms with Crippen LogP contribution in [0.4, 0.5) is 0 Å². The van der Waals surface area contributed by atoms with Crippen molar-refractivity contribution in [3.8, 4) is 0 Å². The molecular weight excluding hydrogens is 364 g/mol. The number of halogens is 2. The molecule has 1 saturated heterocycles. The summed E-state index contributed by atoms with van der Waals surface area (Å²) in [5.74, 6) is 0. The Labute approximate surface area is 135 Å². The summed E-state index contributed by atoms with van der Waals surface area (Å²) in [7, 11) is -3.39. The molecule has 1 aromatic carbocycles. The van der Waals surface area contributed by atoms with Gasteiger partial charge >= 0.3 is 0 Å². The number of hydrogen-bond donors (Lipinski definition) is 1. The van der Waals surface area contributed by atoms with E-state index < -0.39 is 10.0 Å². The average molecular weight is 383 g/mol. The Morgan fingerprint density at radius 2 is 2.00 bits per heavy atom. The van der Waals surface area contributed by atoms with Crippen molar-refractivity contribution in [1.29, 1.82) is 0 Å². The van der Waals surface area contributed by atoms with Gasteiger partial charge < -0.3 is 12.4 Å².